The van der Waals surface area contributed by atoms with Gasteiger partial charge in [-0.2, -0.15) is 0 Å². The minimum Gasteiger partial charge on any atom is -0.494 e. The van der Waals surface area contributed by atoms with Crippen LogP contribution in [0.4, 0.5) is 0 Å². The van der Waals surface area contributed by atoms with E-state index in [1.54, 1.807) is 19.2 Å². The molecule has 3 aromatic rings. The van der Waals surface area contributed by atoms with Gasteiger partial charge < -0.3 is 9.72 Å². The molecule has 0 aromatic carbocycles. The molecule has 0 fully saturated rings. The van der Waals surface area contributed by atoms with Crippen LogP contribution in [-0.2, 0) is 13.5 Å². The van der Waals surface area contributed by atoms with E-state index in [9.17, 15) is 9.59 Å². The van der Waals surface area contributed by atoms with E-state index >= 15 is 0 Å². The Hall–Kier alpha value is -2.90. The molecule has 0 aliphatic carbocycles. The predicted octanol–water partition coefficient (Wildman–Crippen LogP) is 0.687. The van der Waals surface area contributed by atoms with Crippen molar-refractivity contribution in [3.05, 3.63) is 44.6 Å². The lowest BCUT2D eigenvalue weighted by molar-refractivity contribution is 0.411. The molecule has 0 aliphatic rings. The van der Waals surface area contributed by atoms with Gasteiger partial charge in [-0.25, -0.2) is 14.3 Å². The van der Waals surface area contributed by atoms with Gasteiger partial charge in [-0.15, -0.1) is 0 Å². The third-order valence-electron chi connectivity index (χ3n) is 3.79. The molecule has 3 rings (SSSR count). The molecule has 0 atom stereocenters. The van der Waals surface area contributed by atoms with E-state index in [1.807, 2.05) is 6.92 Å². The molecule has 0 bridgehead atoms. The number of H-pyrrole nitrogens is 1. The molecule has 0 saturated carbocycles. The Morgan fingerprint density at radius 1 is 1.35 bits per heavy atom. The molecular formula is C15H17N5O3. The van der Waals surface area contributed by atoms with Crippen LogP contribution in [0.2, 0.25) is 0 Å². The van der Waals surface area contributed by atoms with Crippen molar-refractivity contribution in [2.24, 2.45) is 7.05 Å². The second-order valence-electron chi connectivity index (χ2n) is 5.17. The number of aromatic nitrogens is 5. The normalized spacial score (nSPS) is 11.1. The lowest BCUT2D eigenvalue weighted by Crippen LogP contribution is -2.38. The van der Waals surface area contributed by atoms with E-state index in [4.69, 9.17) is 4.74 Å². The van der Waals surface area contributed by atoms with Gasteiger partial charge in [0.1, 0.15) is 17.3 Å². The van der Waals surface area contributed by atoms with Crippen molar-refractivity contribution >= 4 is 11.2 Å². The van der Waals surface area contributed by atoms with Crippen LogP contribution in [0, 0.1) is 6.92 Å². The van der Waals surface area contributed by atoms with Gasteiger partial charge in [-0.1, -0.05) is 6.92 Å². The first-order chi connectivity index (χ1) is 11.0. The lowest BCUT2D eigenvalue weighted by Gasteiger charge is -2.14. The molecule has 1 N–H and O–H groups in total. The molecule has 0 aliphatic heterocycles. The van der Waals surface area contributed by atoms with E-state index in [0.29, 0.717) is 29.4 Å². The average Bonchev–Trinajstić information content (AvgIpc) is 2.98. The van der Waals surface area contributed by atoms with Gasteiger partial charge in [-0.3, -0.25) is 14.3 Å². The van der Waals surface area contributed by atoms with Crippen molar-refractivity contribution < 1.29 is 4.74 Å². The Kier molecular flexibility index (Phi) is 3.51. The van der Waals surface area contributed by atoms with Gasteiger partial charge in [0.05, 0.1) is 12.8 Å². The third-order valence-corrected chi connectivity index (χ3v) is 3.79. The molecular weight excluding hydrogens is 298 g/mol. The molecule has 8 heteroatoms. The second kappa shape index (κ2) is 5.38. The number of nitrogens with one attached hydrogen (secondary N) is 1. The summed E-state index contributed by atoms with van der Waals surface area (Å²) in [5.74, 6) is 1.12. The summed E-state index contributed by atoms with van der Waals surface area (Å²) in [6.45, 7) is 3.69. The monoisotopic (exact) mass is 315 g/mol. The lowest BCUT2D eigenvalue weighted by atomic mass is 10.2. The van der Waals surface area contributed by atoms with Crippen molar-refractivity contribution in [1.82, 2.24) is 24.1 Å². The van der Waals surface area contributed by atoms with E-state index in [2.05, 4.69) is 15.0 Å². The van der Waals surface area contributed by atoms with E-state index in [-0.39, 0.29) is 11.2 Å². The van der Waals surface area contributed by atoms with Crippen LogP contribution in [0.1, 0.15) is 18.4 Å². The van der Waals surface area contributed by atoms with Crippen LogP contribution < -0.4 is 16.0 Å². The van der Waals surface area contributed by atoms with Crippen LogP contribution in [0.5, 0.6) is 5.75 Å². The number of fused-ring (bicyclic) bond motifs is 1. The predicted molar refractivity (Wildman–Crippen MR) is 85.4 cm³/mol. The van der Waals surface area contributed by atoms with E-state index in [1.165, 1.54) is 18.7 Å². The Morgan fingerprint density at radius 2 is 2.09 bits per heavy atom. The summed E-state index contributed by atoms with van der Waals surface area (Å²) in [4.78, 5) is 36.7. The minimum atomic E-state index is -0.494. The summed E-state index contributed by atoms with van der Waals surface area (Å²) in [7, 11) is 2.95. The number of ether oxygens (including phenoxy) is 1. The maximum Gasteiger partial charge on any atom is 0.337 e. The topological polar surface area (TPSA) is 94.8 Å². The van der Waals surface area contributed by atoms with Gasteiger partial charge in [0, 0.05) is 25.7 Å². The van der Waals surface area contributed by atoms with E-state index in [0.717, 1.165) is 4.57 Å². The zero-order valence-corrected chi connectivity index (χ0v) is 13.4. The molecule has 23 heavy (non-hydrogen) atoms. The molecule has 8 nitrogen and oxygen atoms in total. The summed E-state index contributed by atoms with van der Waals surface area (Å²) >= 11 is 0. The first-order valence-electron chi connectivity index (χ1n) is 7.20. The molecule has 0 unspecified atom stereocenters. The van der Waals surface area contributed by atoms with E-state index < -0.39 is 11.2 Å². The molecule has 120 valence electrons. The van der Waals surface area contributed by atoms with Crippen LogP contribution in [0.15, 0.2) is 21.9 Å². The summed E-state index contributed by atoms with van der Waals surface area (Å²) in [5.41, 5.74) is 0.751. The summed E-state index contributed by atoms with van der Waals surface area (Å²) < 4.78 is 7.78. The Balaban J connectivity index is 2.55. The SMILES string of the molecule is CCc1nc2c([nH]1)c(=O)n(C)c(=O)n2-c1c(OC)ccnc1C. The first-order valence-corrected chi connectivity index (χ1v) is 7.20. The molecule has 0 radical (unpaired) electrons. The second-order valence-corrected chi connectivity index (χ2v) is 5.17. The molecule has 0 amide bonds. The number of aromatic amines is 1. The largest absolute Gasteiger partial charge is 0.494 e. The van der Waals surface area contributed by atoms with Gasteiger partial charge in [0.15, 0.2) is 11.2 Å². The quantitative estimate of drug-likeness (QED) is 0.767. The zero-order valence-electron chi connectivity index (χ0n) is 13.4. The van der Waals surface area contributed by atoms with Crippen LogP contribution in [0.3, 0.4) is 0 Å². The number of methoxy groups -OCH3 is 1. The number of rotatable bonds is 3. The van der Waals surface area contributed by atoms with Crippen molar-refractivity contribution in [2.75, 3.05) is 7.11 Å². The summed E-state index contributed by atoms with van der Waals surface area (Å²) in [6.07, 6.45) is 2.22. The average molecular weight is 315 g/mol. The van der Waals surface area contributed by atoms with Gasteiger partial charge in [0.2, 0.25) is 0 Å². The summed E-state index contributed by atoms with van der Waals surface area (Å²) in [6, 6.07) is 1.67. The van der Waals surface area contributed by atoms with Crippen molar-refractivity contribution in [3.63, 3.8) is 0 Å². The Bertz CT molecular complexity index is 1010. The highest BCUT2D eigenvalue weighted by molar-refractivity contribution is 5.73. The molecule has 3 aromatic heterocycles. The van der Waals surface area contributed by atoms with Crippen LogP contribution in [-0.4, -0.2) is 31.2 Å². The fraction of sp³-hybridized carbons (Fsp3) is 0.333. The van der Waals surface area contributed by atoms with Gasteiger partial charge >= 0.3 is 5.69 Å². The van der Waals surface area contributed by atoms with Gasteiger partial charge in [0.25, 0.3) is 5.56 Å². The maximum absolute atomic E-state index is 12.7. The zero-order chi connectivity index (χ0) is 16.7. The number of imidazole rings is 1. The number of nitrogens with zero attached hydrogens (tertiary/aromatic N) is 4. The molecule has 0 spiro atoms. The highest BCUT2D eigenvalue weighted by Gasteiger charge is 2.20. The van der Waals surface area contributed by atoms with Crippen molar-refractivity contribution in [3.8, 4) is 11.4 Å². The number of pyridine rings is 1. The Labute approximate surface area is 131 Å². The fourth-order valence-electron chi connectivity index (χ4n) is 2.56. The molecule has 3 heterocycles. The standard InChI is InChI=1S/C15H17N5O3/c1-5-10-17-11-13(18-10)20(15(22)19(3)14(11)21)12-8(2)16-7-6-9(12)23-4/h6-7H,5H2,1-4H3,(H,17,18). The molecule has 0 saturated heterocycles. The highest BCUT2D eigenvalue weighted by Crippen LogP contribution is 2.25. The van der Waals surface area contributed by atoms with Crippen LogP contribution in [0.25, 0.3) is 16.9 Å². The number of hydrogen-bond acceptors (Lipinski definition) is 5. The maximum atomic E-state index is 12.7. The van der Waals surface area contributed by atoms with Crippen molar-refractivity contribution in [1.29, 1.82) is 0 Å². The fourth-order valence-corrected chi connectivity index (χ4v) is 2.56. The first kappa shape index (κ1) is 15.0. The van der Waals surface area contributed by atoms with Gasteiger partial charge in [-0.05, 0) is 6.92 Å². The smallest absolute Gasteiger partial charge is 0.337 e. The third kappa shape index (κ3) is 2.14. The number of hydrogen-bond donors (Lipinski definition) is 1. The minimum absolute atomic E-state index is 0.282. The summed E-state index contributed by atoms with van der Waals surface area (Å²) in [5, 5.41) is 0. The Morgan fingerprint density at radius 3 is 2.74 bits per heavy atom. The number of aryl methyl sites for hydroxylation is 2. The van der Waals surface area contributed by atoms with Crippen molar-refractivity contribution in [2.45, 2.75) is 20.3 Å². The van der Waals surface area contributed by atoms with Crippen LogP contribution >= 0.6 is 0 Å². The highest BCUT2D eigenvalue weighted by atomic mass is 16.5.